The van der Waals surface area contributed by atoms with E-state index in [9.17, 15) is 19.1 Å². The zero-order chi connectivity index (χ0) is 24.1. The number of aliphatic hydroxyl groups is 1. The van der Waals surface area contributed by atoms with Crippen molar-refractivity contribution < 1.29 is 28.6 Å². The quantitative estimate of drug-likeness (QED) is 0.364. The van der Waals surface area contributed by atoms with E-state index in [2.05, 4.69) is 4.90 Å². The van der Waals surface area contributed by atoms with Crippen molar-refractivity contribution >= 4 is 17.4 Å². The first kappa shape index (κ1) is 23.9. The second-order valence-corrected chi connectivity index (χ2v) is 8.32. The van der Waals surface area contributed by atoms with Crippen molar-refractivity contribution in [2.45, 2.75) is 19.4 Å². The van der Waals surface area contributed by atoms with Gasteiger partial charge in [-0.15, -0.1) is 0 Å². The minimum Gasteiger partial charge on any atom is -0.507 e. The van der Waals surface area contributed by atoms with Crippen molar-refractivity contribution in [2.24, 2.45) is 0 Å². The summed E-state index contributed by atoms with van der Waals surface area (Å²) in [5.41, 5.74) is 0.752. The Bertz CT molecular complexity index is 1080. The number of morpholine rings is 1. The minimum atomic E-state index is -0.879. The van der Waals surface area contributed by atoms with Gasteiger partial charge in [0.05, 0.1) is 31.4 Å². The molecule has 2 saturated heterocycles. The van der Waals surface area contributed by atoms with Gasteiger partial charge < -0.3 is 19.5 Å². The minimum absolute atomic E-state index is 0.0457. The monoisotopic (exact) mass is 468 g/mol. The molecule has 34 heavy (non-hydrogen) atoms. The number of nitrogens with zero attached hydrogens (tertiary/aromatic N) is 2. The Kier molecular flexibility index (Phi) is 7.59. The van der Waals surface area contributed by atoms with Gasteiger partial charge in [0.15, 0.2) is 0 Å². The fraction of sp³-hybridized carbons (Fsp3) is 0.385. The van der Waals surface area contributed by atoms with Gasteiger partial charge in [-0.1, -0.05) is 24.3 Å². The number of amides is 1. The van der Waals surface area contributed by atoms with Crippen LogP contribution in [0.1, 0.15) is 30.5 Å². The number of hydrogen-bond acceptors (Lipinski definition) is 6. The van der Waals surface area contributed by atoms with Crippen LogP contribution in [0.15, 0.2) is 54.1 Å². The summed E-state index contributed by atoms with van der Waals surface area (Å²) in [6.07, 6.45) is 0.638. The van der Waals surface area contributed by atoms with Gasteiger partial charge in [-0.25, -0.2) is 4.39 Å². The molecule has 1 unspecified atom stereocenters. The van der Waals surface area contributed by atoms with Crippen LogP contribution in [0.2, 0.25) is 0 Å². The van der Waals surface area contributed by atoms with Gasteiger partial charge in [-0.2, -0.15) is 0 Å². The molecule has 0 aromatic heterocycles. The topological polar surface area (TPSA) is 79.3 Å². The molecule has 2 aliphatic heterocycles. The van der Waals surface area contributed by atoms with E-state index in [-0.39, 0.29) is 11.3 Å². The van der Waals surface area contributed by atoms with Crippen LogP contribution in [0.3, 0.4) is 0 Å². The number of ketones is 1. The van der Waals surface area contributed by atoms with Gasteiger partial charge in [-0.05, 0) is 43.2 Å². The first-order valence-electron chi connectivity index (χ1n) is 11.6. The standard InChI is InChI=1S/C26H29FN2O5/c1-2-34-21-9-4-7-19(17-21)24(30)22-23(18-6-3-8-20(27)16-18)29(26(32)25(22)31)11-5-10-28-12-14-33-15-13-28/h3-4,6-9,16-17,23,30H,2,5,10-15H2,1H3/b24-22+. The lowest BCUT2D eigenvalue weighted by Crippen LogP contribution is -2.39. The Labute approximate surface area is 198 Å². The summed E-state index contributed by atoms with van der Waals surface area (Å²) < 4.78 is 25.0. The molecule has 2 fully saturated rings. The Morgan fingerprint density at radius 2 is 1.88 bits per heavy atom. The number of aliphatic hydroxyl groups excluding tert-OH is 1. The third kappa shape index (κ3) is 5.13. The molecular formula is C26H29FN2O5. The Morgan fingerprint density at radius 1 is 1.12 bits per heavy atom. The van der Waals surface area contributed by atoms with E-state index >= 15 is 0 Å². The smallest absolute Gasteiger partial charge is 0.295 e. The van der Waals surface area contributed by atoms with Crippen LogP contribution < -0.4 is 4.74 Å². The van der Waals surface area contributed by atoms with Crippen LogP contribution in [0.25, 0.3) is 5.76 Å². The van der Waals surface area contributed by atoms with Crippen LogP contribution in [0.4, 0.5) is 4.39 Å². The number of carbonyl (C=O) groups excluding carboxylic acids is 2. The number of halogens is 1. The molecule has 2 heterocycles. The molecule has 7 nitrogen and oxygen atoms in total. The van der Waals surface area contributed by atoms with Crippen molar-refractivity contribution in [3.63, 3.8) is 0 Å². The number of likely N-dealkylation sites (tertiary alicyclic amines) is 1. The van der Waals surface area contributed by atoms with Crippen molar-refractivity contribution in [2.75, 3.05) is 46.0 Å². The number of carbonyl (C=O) groups is 2. The summed E-state index contributed by atoms with van der Waals surface area (Å²) in [7, 11) is 0. The van der Waals surface area contributed by atoms with Gasteiger partial charge >= 0.3 is 0 Å². The third-order valence-electron chi connectivity index (χ3n) is 6.10. The fourth-order valence-corrected chi connectivity index (χ4v) is 4.48. The Balaban J connectivity index is 1.68. The van der Waals surface area contributed by atoms with Crippen LogP contribution in [-0.4, -0.2) is 72.6 Å². The second kappa shape index (κ2) is 10.8. The highest BCUT2D eigenvalue weighted by Gasteiger charge is 2.46. The maximum Gasteiger partial charge on any atom is 0.295 e. The summed E-state index contributed by atoms with van der Waals surface area (Å²) in [4.78, 5) is 29.9. The third-order valence-corrected chi connectivity index (χ3v) is 6.10. The van der Waals surface area contributed by atoms with Crippen molar-refractivity contribution in [3.8, 4) is 5.75 Å². The molecule has 2 aliphatic rings. The predicted octanol–water partition coefficient (Wildman–Crippen LogP) is 3.37. The zero-order valence-electron chi connectivity index (χ0n) is 19.2. The fourth-order valence-electron chi connectivity index (χ4n) is 4.48. The maximum absolute atomic E-state index is 14.1. The average molecular weight is 469 g/mol. The van der Waals surface area contributed by atoms with Crippen LogP contribution in [-0.2, 0) is 14.3 Å². The molecule has 4 rings (SSSR count). The maximum atomic E-state index is 14.1. The zero-order valence-corrected chi connectivity index (χ0v) is 19.2. The highest BCUT2D eigenvalue weighted by atomic mass is 19.1. The van der Waals surface area contributed by atoms with Gasteiger partial charge in [0, 0.05) is 31.7 Å². The molecule has 2 aromatic rings. The molecule has 180 valence electrons. The molecule has 1 N–H and O–H groups in total. The van der Waals surface area contributed by atoms with E-state index in [4.69, 9.17) is 9.47 Å². The summed E-state index contributed by atoms with van der Waals surface area (Å²) in [6, 6.07) is 11.6. The van der Waals surface area contributed by atoms with E-state index in [1.165, 1.54) is 23.1 Å². The van der Waals surface area contributed by atoms with Gasteiger partial charge in [0.25, 0.3) is 11.7 Å². The molecule has 0 saturated carbocycles. The van der Waals surface area contributed by atoms with Crippen LogP contribution in [0.5, 0.6) is 5.75 Å². The van der Waals surface area contributed by atoms with E-state index in [0.717, 1.165) is 19.6 Å². The van der Waals surface area contributed by atoms with Crippen LogP contribution >= 0.6 is 0 Å². The van der Waals surface area contributed by atoms with Gasteiger partial charge in [0.1, 0.15) is 17.3 Å². The van der Waals surface area contributed by atoms with Crippen molar-refractivity contribution in [1.82, 2.24) is 9.80 Å². The molecule has 2 aromatic carbocycles. The molecule has 1 amide bonds. The van der Waals surface area contributed by atoms with Gasteiger partial charge in [0.2, 0.25) is 0 Å². The molecule has 8 heteroatoms. The molecule has 0 radical (unpaired) electrons. The second-order valence-electron chi connectivity index (χ2n) is 8.32. The Morgan fingerprint density at radius 3 is 2.62 bits per heavy atom. The molecule has 0 bridgehead atoms. The van der Waals surface area contributed by atoms with E-state index in [1.807, 2.05) is 6.92 Å². The Hall–Kier alpha value is -3.23. The number of Topliss-reactive ketones (excluding diaryl/α,β-unsaturated/α-hetero) is 1. The summed E-state index contributed by atoms with van der Waals surface area (Å²) >= 11 is 0. The lowest BCUT2D eigenvalue weighted by molar-refractivity contribution is -0.140. The van der Waals surface area contributed by atoms with E-state index in [1.54, 1.807) is 30.3 Å². The van der Waals surface area contributed by atoms with Crippen molar-refractivity contribution in [1.29, 1.82) is 0 Å². The van der Waals surface area contributed by atoms with Crippen molar-refractivity contribution in [3.05, 3.63) is 71.0 Å². The number of benzene rings is 2. The SMILES string of the molecule is CCOc1cccc(/C(O)=C2\C(=O)C(=O)N(CCCN3CCOCC3)C2c2cccc(F)c2)c1. The number of hydrogen-bond donors (Lipinski definition) is 1. The van der Waals surface area contributed by atoms with E-state index in [0.29, 0.717) is 49.7 Å². The lowest BCUT2D eigenvalue weighted by atomic mass is 9.95. The summed E-state index contributed by atoms with van der Waals surface area (Å²) in [6.45, 7) is 6.34. The average Bonchev–Trinajstić information content (AvgIpc) is 3.10. The molecular weight excluding hydrogens is 439 g/mol. The molecule has 0 spiro atoms. The largest absolute Gasteiger partial charge is 0.507 e. The highest BCUT2D eigenvalue weighted by molar-refractivity contribution is 6.46. The van der Waals surface area contributed by atoms with Gasteiger partial charge in [-0.3, -0.25) is 14.5 Å². The first-order valence-corrected chi connectivity index (χ1v) is 11.6. The molecule has 0 aliphatic carbocycles. The first-order chi connectivity index (χ1) is 16.5. The van der Waals surface area contributed by atoms with Crippen LogP contribution in [0, 0.1) is 5.82 Å². The summed E-state index contributed by atoms with van der Waals surface area (Å²) in [5.74, 6) is -1.72. The molecule has 1 atom stereocenters. The normalized spacial score (nSPS) is 20.6. The van der Waals surface area contributed by atoms with E-state index < -0.39 is 23.5 Å². The summed E-state index contributed by atoms with van der Waals surface area (Å²) in [5, 5.41) is 11.2. The predicted molar refractivity (Wildman–Crippen MR) is 125 cm³/mol. The lowest BCUT2D eigenvalue weighted by Gasteiger charge is -2.29. The number of rotatable bonds is 8. The number of ether oxygens (including phenoxy) is 2. The highest BCUT2D eigenvalue weighted by Crippen LogP contribution is 2.40.